The normalized spacial score (nSPS) is 27.4. The van der Waals surface area contributed by atoms with Crippen LogP contribution in [0.3, 0.4) is 0 Å². The first kappa shape index (κ1) is 14.8. The predicted molar refractivity (Wildman–Crippen MR) is 92.9 cm³/mol. The van der Waals surface area contributed by atoms with Gasteiger partial charge in [0.05, 0.1) is 6.61 Å². The highest BCUT2D eigenvalue weighted by Gasteiger charge is 2.51. The number of hydrogen-bond donors (Lipinski definition) is 1. The molecule has 120 valence electrons. The maximum atomic E-state index is 9.56. The van der Waals surface area contributed by atoms with Crippen molar-refractivity contribution in [3.05, 3.63) is 53.6 Å². The molecule has 4 rings (SSSR count). The molecule has 2 atom stereocenters. The molecule has 1 fully saturated rings. The number of hydrogen-bond acceptors (Lipinski definition) is 2. The highest BCUT2D eigenvalue weighted by Crippen LogP contribution is 2.56. The zero-order chi connectivity index (χ0) is 16.2. The van der Waals surface area contributed by atoms with Gasteiger partial charge in [0.2, 0.25) is 0 Å². The largest absolute Gasteiger partial charge is 0.492 e. The second-order valence-electron chi connectivity index (χ2n) is 7.94. The van der Waals surface area contributed by atoms with Gasteiger partial charge < -0.3 is 9.84 Å². The van der Waals surface area contributed by atoms with Gasteiger partial charge in [-0.15, -0.1) is 0 Å². The molecule has 1 aliphatic carbocycles. The van der Waals surface area contributed by atoms with Gasteiger partial charge in [-0.2, -0.15) is 0 Å². The van der Waals surface area contributed by atoms with E-state index in [1.165, 1.54) is 22.3 Å². The standard InChI is InChI=1S/C21H24O2/c1-20(2)13-23-19-17(14-7-5-4-6-8-14)9-15(10-18(19)20)21(3)11-16(21)12-22/h4-10,16,22H,11-13H2,1-3H3/t16-,21-/m1/s1. The molecule has 1 heterocycles. The molecule has 0 amide bonds. The molecular weight excluding hydrogens is 284 g/mol. The van der Waals surface area contributed by atoms with Gasteiger partial charge in [0.1, 0.15) is 5.75 Å². The summed E-state index contributed by atoms with van der Waals surface area (Å²) in [6.07, 6.45) is 1.07. The molecule has 2 aliphatic rings. The Morgan fingerprint density at radius 2 is 1.87 bits per heavy atom. The first-order valence-electron chi connectivity index (χ1n) is 8.44. The van der Waals surface area contributed by atoms with E-state index in [-0.39, 0.29) is 17.4 Å². The molecule has 0 saturated heterocycles. The summed E-state index contributed by atoms with van der Waals surface area (Å²) in [5.74, 6) is 1.42. The highest BCUT2D eigenvalue weighted by molar-refractivity contribution is 5.75. The van der Waals surface area contributed by atoms with E-state index in [0.717, 1.165) is 18.8 Å². The van der Waals surface area contributed by atoms with Gasteiger partial charge in [0.15, 0.2) is 0 Å². The molecule has 0 radical (unpaired) electrons. The zero-order valence-electron chi connectivity index (χ0n) is 14.1. The molecule has 0 bridgehead atoms. The number of fused-ring (bicyclic) bond motifs is 1. The van der Waals surface area contributed by atoms with E-state index in [2.05, 4.69) is 57.2 Å². The molecule has 1 aliphatic heterocycles. The quantitative estimate of drug-likeness (QED) is 0.916. The monoisotopic (exact) mass is 308 g/mol. The van der Waals surface area contributed by atoms with Crippen molar-refractivity contribution >= 4 is 0 Å². The Balaban J connectivity index is 1.91. The first-order valence-corrected chi connectivity index (χ1v) is 8.44. The second kappa shape index (κ2) is 4.85. The van der Waals surface area contributed by atoms with Crippen LogP contribution in [0.2, 0.25) is 0 Å². The summed E-state index contributed by atoms with van der Waals surface area (Å²) < 4.78 is 6.09. The third-order valence-electron chi connectivity index (χ3n) is 5.77. The minimum atomic E-state index is 0.0365. The van der Waals surface area contributed by atoms with Crippen LogP contribution in [0.25, 0.3) is 11.1 Å². The van der Waals surface area contributed by atoms with E-state index < -0.39 is 0 Å². The van der Waals surface area contributed by atoms with Crippen molar-refractivity contribution in [1.29, 1.82) is 0 Å². The molecule has 2 aromatic carbocycles. The van der Waals surface area contributed by atoms with Gasteiger partial charge in [-0.3, -0.25) is 0 Å². The van der Waals surface area contributed by atoms with Crippen molar-refractivity contribution < 1.29 is 9.84 Å². The summed E-state index contributed by atoms with van der Waals surface area (Å²) in [4.78, 5) is 0. The number of aliphatic hydroxyl groups is 1. The van der Waals surface area contributed by atoms with Crippen LogP contribution in [0.5, 0.6) is 5.75 Å². The van der Waals surface area contributed by atoms with E-state index in [9.17, 15) is 5.11 Å². The average Bonchev–Trinajstić information content (AvgIpc) is 3.15. The summed E-state index contributed by atoms with van der Waals surface area (Å²) in [5.41, 5.74) is 5.17. The molecule has 2 heteroatoms. The Morgan fingerprint density at radius 3 is 2.52 bits per heavy atom. The fraction of sp³-hybridized carbons (Fsp3) is 0.429. The molecule has 23 heavy (non-hydrogen) atoms. The van der Waals surface area contributed by atoms with Crippen molar-refractivity contribution in [2.75, 3.05) is 13.2 Å². The van der Waals surface area contributed by atoms with Gasteiger partial charge in [0.25, 0.3) is 0 Å². The number of aliphatic hydroxyl groups excluding tert-OH is 1. The van der Waals surface area contributed by atoms with Crippen LogP contribution in [0.15, 0.2) is 42.5 Å². The number of rotatable bonds is 3. The Morgan fingerprint density at radius 1 is 1.13 bits per heavy atom. The molecular formula is C21H24O2. The van der Waals surface area contributed by atoms with E-state index in [1.54, 1.807) is 0 Å². The lowest BCUT2D eigenvalue weighted by atomic mass is 9.81. The van der Waals surface area contributed by atoms with Crippen molar-refractivity contribution in [1.82, 2.24) is 0 Å². The Kier molecular flexibility index (Phi) is 3.11. The highest BCUT2D eigenvalue weighted by atomic mass is 16.5. The van der Waals surface area contributed by atoms with Crippen LogP contribution in [0, 0.1) is 5.92 Å². The van der Waals surface area contributed by atoms with Crippen LogP contribution >= 0.6 is 0 Å². The van der Waals surface area contributed by atoms with Gasteiger partial charge in [0, 0.05) is 23.1 Å². The second-order valence-corrected chi connectivity index (χ2v) is 7.94. The summed E-state index contributed by atoms with van der Waals surface area (Å²) >= 11 is 0. The molecule has 0 unspecified atom stereocenters. The van der Waals surface area contributed by atoms with Crippen molar-refractivity contribution in [2.24, 2.45) is 5.92 Å². The van der Waals surface area contributed by atoms with Crippen molar-refractivity contribution in [2.45, 2.75) is 38.0 Å². The Labute approximate surface area is 138 Å². The zero-order valence-corrected chi connectivity index (χ0v) is 14.1. The van der Waals surface area contributed by atoms with Crippen LogP contribution in [-0.2, 0) is 10.8 Å². The minimum absolute atomic E-state index is 0.0365. The maximum Gasteiger partial charge on any atom is 0.131 e. The summed E-state index contributed by atoms with van der Waals surface area (Å²) in [5, 5.41) is 9.56. The predicted octanol–water partition coefficient (Wildman–Crippen LogP) is 4.29. The maximum absolute atomic E-state index is 9.56. The number of ether oxygens (including phenoxy) is 1. The van der Waals surface area contributed by atoms with E-state index in [1.807, 2.05) is 6.07 Å². The summed E-state index contributed by atoms with van der Waals surface area (Å²) in [6.45, 7) is 7.76. The lowest BCUT2D eigenvalue weighted by molar-refractivity contribution is 0.265. The van der Waals surface area contributed by atoms with Crippen LogP contribution in [-0.4, -0.2) is 18.3 Å². The topological polar surface area (TPSA) is 29.5 Å². The minimum Gasteiger partial charge on any atom is -0.492 e. The lowest BCUT2D eigenvalue weighted by Gasteiger charge is -2.20. The molecule has 0 aromatic heterocycles. The third kappa shape index (κ3) is 2.20. The van der Waals surface area contributed by atoms with E-state index in [0.29, 0.717) is 5.92 Å². The first-order chi connectivity index (χ1) is 11.0. The smallest absolute Gasteiger partial charge is 0.131 e. The van der Waals surface area contributed by atoms with Crippen LogP contribution < -0.4 is 4.74 Å². The van der Waals surface area contributed by atoms with E-state index in [4.69, 9.17) is 4.74 Å². The molecule has 1 saturated carbocycles. The molecule has 2 nitrogen and oxygen atoms in total. The van der Waals surface area contributed by atoms with Crippen molar-refractivity contribution in [3.63, 3.8) is 0 Å². The lowest BCUT2D eigenvalue weighted by Crippen LogP contribution is -2.19. The molecule has 0 spiro atoms. The van der Waals surface area contributed by atoms with Gasteiger partial charge in [-0.1, -0.05) is 57.2 Å². The molecule has 2 aromatic rings. The van der Waals surface area contributed by atoms with Gasteiger partial charge in [-0.05, 0) is 34.9 Å². The van der Waals surface area contributed by atoms with Gasteiger partial charge in [-0.25, -0.2) is 0 Å². The fourth-order valence-electron chi connectivity index (χ4n) is 3.85. The summed E-state index contributed by atoms with van der Waals surface area (Å²) in [7, 11) is 0. The molecule has 1 N–H and O–H groups in total. The number of benzene rings is 2. The van der Waals surface area contributed by atoms with Crippen LogP contribution in [0.1, 0.15) is 38.3 Å². The fourth-order valence-corrected chi connectivity index (χ4v) is 3.85. The van der Waals surface area contributed by atoms with Crippen molar-refractivity contribution in [3.8, 4) is 16.9 Å². The Bertz CT molecular complexity index is 748. The summed E-state index contributed by atoms with van der Waals surface area (Å²) in [6, 6.07) is 15.1. The Hall–Kier alpha value is -1.80. The van der Waals surface area contributed by atoms with Crippen LogP contribution in [0.4, 0.5) is 0 Å². The average molecular weight is 308 g/mol. The third-order valence-corrected chi connectivity index (χ3v) is 5.77. The SMILES string of the molecule is CC1(C)COc2c(-c3ccccc3)cc([C@@]3(C)C[C@@H]3CO)cc21. The van der Waals surface area contributed by atoms with Gasteiger partial charge >= 0.3 is 0 Å². The van der Waals surface area contributed by atoms with E-state index >= 15 is 0 Å².